The van der Waals surface area contributed by atoms with Crippen LogP contribution in [0.15, 0.2) is 67.2 Å². The van der Waals surface area contributed by atoms with Crippen LogP contribution in [0.2, 0.25) is 5.02 Å². The van der Waals surface area contributed by atoms with Gasteiger partial charge in [-0.1, -0.05) is 48.5 Å². The van der Waals surface area contributed by atoms with Gasteiger partial charge in [-0.3, -0.25) is 4.90 Å². The van der Waals surface area contributed by atoms with Crippen LogP contribution in [-0.2, 0) is 16.9 Å². The maximum absolute atomic E-state index is 13.7. The van der Waals surface area contributed by atoms with E-state index in [1.165, 1.54) is 6.07 Å². The molecule has 1 fully saturated rings. The summed E-state index contributed by atoms with van der Waals surface area (Å²) in [6.45, 7) is 8.74. The van der Waals surface area contributed by atoms with Gasteiger partial charge in [0.05, 0.1) is 21.9 Å². The van der Waals surface area contributed by atoms with Gasteiger partial charge in [0, 0.05) is 12.1 Å². The molecule has 164 valence electrons. The van der Waals surface area contributed by atoms with E-state index in [2.05, 4.69) is 11.6 Å². The SMILES string of the molecule is C=C(C)c1cc([C@@]2(C)CCN2C(=O)OCc2ccccc2)cc(-c2ccc(F)c(Cl)c2)n1. The number of halogens is 2. The minimum absolute atomic E-state index is 0.0348. The van der Waals surface area contributed by atoms with Crippen LogP contribution in [0, 0.1) is 5.82 Å². The van der Waals surface area contributed by atoms with Gasteiger partial charge in [-0.15, -0.1) is 0 Å². The number of nitrogens with zero attached hydrogens (tertiary/aromatic N) is 2. The fourth-order valence-corrected chi connectivity index (χ4v) is 3.99. The molecule has 0 N–H and O–H groups in total. The number of rotatable bonds is 5. The summed E-state index contributed by atoms with van der Waals surface area (Å²) >= 11 is 5.99. The molecule has 6 heteroatoms. The molecule has 3 aromatic rings. The number of ether oxygens (including phenoxy) is 1. The fourth-order valence-electron chi connectivity index (χ4n) is 3.81. The van der Waals surface area contributed by atoms with Gasteiger partial charge < -0.3 is 4.74 Å². The molecule has 32 heavy (non-hydrogen) atoms. The number of aromatic nitrogens is 1. The van der Waals surface area contributed by atoms with E-state index in [0.717, 1.165) is 23.1 Å². The van der Waals surface area contributed by atoms with E-state index in [9.17, 15) is 9.18 Å². The Morgan fingerprint density at radius 1 is 1.22 bits per heavy atom. The van der Waals surface area contributed by atoms with E-state index in [4.69, 9.17) is 16.3 Å². The van der Waals surface area contributed by atoms with Gasteiger partial charge >= 0.3 is 6.09 Å². The summed E-state index contributed by atoms with van der Waals surface area (Å²) in [6.07, 6.45) is 0.430. The number of amides is 1. The van der Waals surface area contributed by atoms with Crippen LogP contribution in [0.1, 0.15) is 37.1 Å². The first-order chi connectivity index (χ1) is 15.3. The molecule has 1 atom stereocenters. The Morgan fingerprint density at radius 2 is 1.97 bits per heavy atom. The van der Waals surface area contributed by atoms with Crippen molar-refractivity contribution in [1.82, 2.24) is 9.88 Å². The zero-order chi connectivity index (χ0) is 22.9. The van der Waals surface area contributed by atoms with Gasteiger partial charge in [0.15, 0.2) is 0 Å². The maximum Gasteiger partial charge on any atom is 0.410 e. The van der Waals surface area contributed by atoms with E-state index in [0.29, 0.717) is 23.5 Å². The molecule has 0 bridgehead atoms. The zero-order valence-corrected chi connectivity index (χ0v) is 18.8. The second-order valence-electron chi connectivity index (χ2n) is 8.25. The molecule has 0 spiro atoms. The normalized spacial score (nSPS) is 17.6. The maximum atomic E-state index is 13.7. The Kier molecular flexibility index (Phi) is 6.02. The standard InChI is InChI=1S/C26H24ClFN2O2/c1-17(2)23-14-20(15-24(29-23)19-9-10-22(28)21(27)13-19)26(3)11-12-30(26)25(31)32-16-18-7-5-4-6-8-18/h4-10,13-15H,1,11-12,16H2,2-3H3/t26-/m1/s1. The van der Waals surface area contributed by atoms with Crippen molar-refractivity contribution in [2.75, 3.05) is 6.54 Å². The third kappa shape index (κ3) is 4.26. The Hall–Kier alpha value is -3.18. The Labute approximate surface area is 192 Å². The van der Waals surface area contributed by atoms with Crippen LogP contribution in [0.3, 0.4) is 0 Å². The van der Waals surface area contributed by atoms with Crippen molar-refractivity contribution in [1.29, 1.82) is 0 Å². The number of pyridine rings is 1. The molecule has 4 nitrogen and oxygen atoms in total. The fraction of sp³-hybridized carbons (Fsp3) is 0.231. The van der Waals surface area contributed by atoms with Crippen molar-refractivity contribution >= 4 is 23.3 Å². The van der Waals surface area contributed by atoms with Gasteiger partial charge in [-0.25, -0.2) is 14.2 Å². The van der Waals surface area contributed by atoms with Crippen LogP contribution in [0.4, 0.5) is 9.18 Å². The Bertz CT molecular complexity index is 1180. The smallest absolute Gasteiger partial charge is 0.410 e. The second-order valence-corrected chi connectivity index (χ2v) is 8.66. The first-order valence-electron chi connectivity index (χ1n) is 10.4. The minimum Gasteiger partial charge on any atom is -0.445 e. The summed E-state index contributed by atoms with van der Waals surface area (Å²) in [6, 6.07) is 18.0. The van der Waals surface area contributed by atoms with Crippen LogP contribution in [0.25, 0.3) is 16.8 Å². The number of carbonyl (C=O) groups excluding carboxylic acids is 1. The zero-order valence-electron chi connectivity index (χ0n) is 18.1. The first-order valence-corrected chi connectivity index (χ1v) is 10.8. The van der Waals surface area contributed by atoms with Crippen molar-refractivity contribution in [3.8, 4) is 11.3 Å². The monoisotopic (exact) mass is 450 g/mol. The lowest BCUT2D eigenvalue weighted by Gasteiger charge is -2.50. The molecular formula is C26H24ClFN2O2. The number of benzene rings is 2. The predicted molar refractivity (Wildman–Crippen MR) is 125 cm³/mol. The average molecular weight is 451 g/mol. The number of hydrogen-bond donors (Lipinski definition) is 0. The summed E-state index contributed by atoms with van der Waals surface area (Å²) in [7, 11) is 0. The van der Waals surface area contributed by atoms with Crippen LogP contribution in [0.5, 0.6) is 0 Å². The molecular weight excluding hydrogens is 427 g/mol. The number of allylic oxidation sites excluding steroid dienone is 1. The molecule has 1 aliphatic heterocycles. The molecule has 1 aliphatic rings. The second kappa shape index (κ2) is 8.75. The highest BCUT2D eigenvalue weighted by atomic mass is 35.5. The largest absolute Gasteiger partial charge is 0.445 e. The highest BCUT2D eigenvalue weighted by molar-refractivity contribution is 6.31. The van der Waals surface area contributed by atoms with E-state index in [1.54, 1.807) is 17.0 Å². The topological polar surface area (TPSA) is 42.4 Å². The molecule has 2 aromatic carbocycles. The van der Waals surface area contributed by atoms with E-state index >= 15 is 0 Å². The molecule has 2 heterocycles. The lowest BCUT2D eigenvalue weighted by Crippen LogP contribution is -2.58. The van der Waals surface area contributed by atoms with Crippen molar-refractivity contribution in [2.45, 2.75) is 32.4 Å². The van der Waals surface area contributed by atoms with Gasteiger partial charge in [0.2, 0.25) is 0 Å². The van der Waals surface area contributed by atoms with E-state index in [1.807, 2.05) is 56.3 Å². The van der Waals surface area contributed by atoms with Crippen LogP contribution in [-0.4, -0.2) is 22.5 Å². The molecule has 0 aliphatic carbocycles. The summed E-state index contributed by atoms with van der Waals surface area (Å²) < 4.78 is 19.2. The summed E-state index contributed by atoms with van der Waals surface area (Å²) in [5, 5.41) is 0.0348. The average Bonchev–Trinajstić information content (AvgIpc) is 2.78. The Balaban J connectivity index is 1.63. The molecule has 1 amide bonds. The summed E-state index contributed by atoms with van der Waals surface area (Å²) in [5.74, 6) is -0.481. The van der Waals surface area contributed by atoms with E-state index < -0.39 is 11.4 Å². The molecule has 1 aromatic heterocycles. The Morgan fingerprint density at radius 3 is 2.59 bits per heavy atom. The highest BCUT2D eigenvalue weighted by Gasteiger charge is 2.46. The lowest BCUT2D eigenvalue weighted by molar-refractivity contribution is -0.00980. The molecule has 0 unspecified atom stereocenters. The van der Waals surface area contributed by atoms with Gasteiger partial charge in [0.25, 0.3) is 0 Å². The van der Waals surface area contributed by atoms with Crippen molar-refractivity contribution in [3.05, 3.63) is 94.9 Å². The van der Waals surface area contributed by atoms with Crippen LogP contribution < -0.4 is 0 Å². The van der Waals surface area contributed by atoms with Crippen molar-refractivity contribution < 1.29 is 13.9 Å². The lowest BCUT2D eigenvalue weighted by atomic mass is 9.79. The molecule has 1 saturated heterocycles. The third-order valence-corrected chi connectivity index (χ3v) is 6.23. The number of carbonyl (C=O) groups is 1. The van der Waals surface area contributed by atoms with Crippen LogP contribution >= 0.6 is 11.6 Å². The highest BCUT2D eigenvalue weighted by Crippen LogP contribution is 2.42. The van der Waals surface area contributed by atoms with Gasteiger partial charge in [-0.2, -0.15) is 0 Å². The molecule has 0 saturated carbocycles. The first kappa shape index (κ1) is 22.0. The predicted octanol–water partition coefficient (Wildman–Crippen LogP) is 6.83. The molecule has 0 radical (unpaired) electrons. The summed E-state index contributed by atoms with van der Waals surface area (Å²) in [4.78, 5) is 19.3. The minimum atomic E-state index is -0.542. The number of hydrogen-bond acceptors (Lipinski definition) is 3. The quantitative estimate of drug-likeness (QED) is 0.427. The van der Waals surface area contributed by atoms with Gasteiger partial charge in [-0.05, 0) is 67.3 Å². The van der Waals surface area contributed by atoms with Crippen molar-refractivity contribution in [3.63, 3.8) is 0 Å². The van der Waals surface area contributed by atoms with Crippen molar-refractivity contribution in [2.24, 2.45) is 0 Å². The third-order valence-electron chi connectivity index (χ3n) is 5.94. The van der Waals surface area contributed by atoms with Gasteiger partial charge in [0.1, 0.15) is 12.4 Å². The van der Waals surface area contributed by atoms with E-state index in [-0.39, 0.29) is 17.7 Å². The number of likely N-dealkylation sites (tertiary alicyclic amines) is 1. The summed E-state index contributed by atoms with van der Waals surface area (Å²) in [5.41, 5.74) is 4.16. The molecule has 4 rings (SSSR count).